The number of amides is 1. The lowest BCUT2D eigenvalue weighted by Crippen LogP contribution is -2.58. The summed E-state index contributed by atoms with van der Waals surface area (Å²) in [6, 6.07) is 0.101. The van der Waals surface area contributed by atoms with Gasteiger partial charge >= 0.3 is 0 Å². The molecule has 5 nitrogen and oxygen atoms in total. The maximum absolute atomic E-state index is 13.2. The molecule has 4 aliphatic carbocycles. The largest absolute Gasteiger partial charge is 0.353 e. The smallest absolute Gasteiger partial charge is 0.221 e. The second-order valence-corrected chi connectivity index (χ2v) is 10.1. The van der Waals surface area contributed by atoms with Crippen LogP contribution in [0.3, 0.4) is 0 Å². The Morgan fingerprint density at radius 3 is 2.61 bits per heavy atom. The number of nitrogens with one attached hydrogen (secondary N) is 1. The fourth-order valence-corrected chi connectivity index (χ4v) is 7.37. The van der Waals surface area contributed by atoms with Gasteiger partial charge < -0.3 is 11.1 Å². The van der Waals surface area contributed by atoms with E-state index in [0.717, 1.165) is 38.5 Å². The molecule has 7 atom stereocenters. The lowest BCUT2D eigenvalue weighted by Gasteiger charge is -2.59. The van der Waals surface area contributed by atoms with Gasteiger partial charge in [-0.25, -0.2) is 0 Å². The minimum atomic E-state index is -0.182. The predicted molar refractivity (Wildman–Crippen MR) is 110 cm³/mol. The van der Waals surface area contributed by atoms with Crippen LogP contribution < -0.4 is 11.1 Å². The van der Waals surface area contributed by atoms with E-state index in [1.807, 2.05) is 0 Å². The van der Waals surface area contributed by atoms with Gasteiger partial charge in [-0.2, -0.15) is 0 Å². The Labute approximate surface area is 174 Å². The van der Waals surface area contributed by atoms with Gasteiger partial charge in [0.1, 0.15) is 11.6 Å². The van der Waals surface area contributed by atoms with Crippen LogP contribution in [-0.4, -0.2) is 30.1 Å². The highest BCUT2D eigenvalue weighted by molar-refractivity contribution is 5.88. The second-order valence-electron chi connectivity index (χ2n) is 10.1. The molecular weight excluding hydrogens is 376 g/mol. The summed E-state index contributed by atoms with van der Waals surface area (Å²) in [6.45, 7) is 4.84. The number of ketones is 2. The van der Waals surface area contributed by atoms with E-state index >= 15 is 0 Å². The standard InChI is InChI=1S/C22H34N2O3.ClH/c1-21-8-5-13(24-20(27)7-10-23)11-17(21)18(25)12-14-15-3-4-19(26)22(15,2)9-6-16(14)21;/h13-17H,3-12,23H2,1-2H3,(H,24,27);1H/t13?,14-,15-,16+,17?,21+,22-;/m0./s1. The van der Waals surface area contributed by atoms with Crippen LogP contribution in [0.25, 0.3) is 0 Å². The third-order valence-electron chi connectivity index (χ3n) is 8.90. The van der Waals surface area contributed by atoms with E-state index in [1.165, 1.54) is 0 Å². The molecule has 2 unspecified atom stereocenters. The highest BCUT2D eigenvalue weighted by Crippen LogP contribution is 2.64. The average molecular weight is 411 g/mol. The molecule has 0 aromatic rings. The van der Waals surface area contributed by atoms with Crippen LogP contribution >= 0.6 is 12.4 Å². The first-order chi connectivity index (χ1) is 12.8. The summed E-state index contributed by atoms with van der Waals surface area (Å²) in [6.07, 6.45) is 7.45. The summed E-state index contributed by atoms with van der Waals surface area (Å²) in [7, 11) is 0. The summed E-state index contributed by atoms with van der Waals surface area (Å²) in [4.78, 5) is 37.7. The molecule has 0 bridgehead atoms. The number of fused-ring (bicyclic) bond motifs is 5. The first kappa shape index (κ1) is 21.8. The Balaban J connectivity index is 0.00000225. The van der Waals surface area contributed by atoms with Crippen molar-refractivity contribution in [1.29, 1.82) is 0 Å². The number of Topliss-reactive ketones (excluding diaryl/α,β-unsaturated/α-hetero) is 2. The van der Waals surface area contributed by atoms with Gasteiger partial charge in [-0.3, -0.25) is 14.4 Å². The molecule has 0 spiro atoms. The van der Waals surface area contributed by atoms with Crippen molar-refractivity contribution in [2.24, 2.45) is 40.2 Å². The van der Waals surface area contributed by atoms with Crippen molar-refractivity contribution < 1.29 is 14.4 Å². The van der Waals surface area contributed by atoms with E-state index in [1.54, 1.807) is 0 Å². The van der Waals surface area contributed by atoms with Crippen LogP contribution in [0.4, 0.5) is 0 Å². The van der Waals surface area contributed by atoms with Gasteiger partial charge in [-0.1, -0.05) is 13.8 Å². The SMILES string of the molecule is C[C@]12CCC(NC(=O)CCN)CC1C(=O)C[C@@H]1[C@H]2CC[C@]2(C)C(=O)CC[C@@H]12.Cl. The monoisotopic (exact) mass is 410 g/mol. The third kappa shape index (κ3) is 3.23. The second kappa shape index (κ2) is 7.71. The summed E-state index contributed by atoms with van der Waals surface area (Å²) >= 11 is 0. The fraction of sp³-hybridized carbons (Fsp3) is 0.864. The van der Waals surface area contributed by atoms with Crippen molar-refractivity contribution in [1.82, 2.24) is 5.32 Å². The van der Waals surface area contributed by atoms with Gasteiger partial charge in [0.15, 0.2) is 0 Å². The summed E-state index contributed by atoms with van der Waals surface area (Å²) in [5.41, 5.74) is 5.33. The maximum atomic E-state index is 13.2. The normalized spacial score (nSPS) is 44.8. The Morgan fingerprint density at radius 1 is 1.14 bits per heavy atom. The summed E-state index contributed by atoms with van der Waals surface area (Å²) in [5, 5.41) is 3.10. The number of carbonyl (C=O) groups is 3. The minimum absolute atomic E-state index is 0. The van der Waals surface area contributed by atoms with Gasteiger partial charge in [0, 0.05) is 43.2 Å². The van der Waals surface area contributed by atoms with Gasteiger partial charge in [0.2, 0.25) is 5.91 Å². The number of hydrogen-bond acceptors (Lipinski definition) is 4. The van der Waals surface area contributed by atoms with E-state index < -0.39 is 0 Å². The van der Waals surface area contributed by atoms with Crippen LogP contribution in [0.1, 0.15) is 71.6 Å². The van der Waals surface area contributed by atoms with Gasteiger partial charge in [0.05, 0.1) is 0 Å². The Morgan fingerprint density at radius 2 is 1.89 bits per heavy atom. The first-order valence-corrected chi connectivity index (χ1v) is 10.8. The molecule has 0 radical (unpaired) electrons. The lowest BCUT2D eigenvalue weighted by molar-refractivity contribution is -0.157. The molecule has 1 amide bonds. The molecule has 0 aliphatic heterocycles. The Hall–Kier alpha value is -0.940. The van der Waals surface area contributed by atoms with Crippen LogP contribution in [-0.2, 0) is 14.4 Å². The van der Waals surface area contributed by atoms with Gasteiger partial charge in [0.25, 0.3) is 0 Å². The van der Waals surface area contributed by atoms with Crippen molar-refractivity contribution in [3.8, 4) is 0 Å². The van der Waals surface area contributed by atoms with Crippen molar-refractivity contribution in [2.45, 2.75) is 77.7 Å². The molecule has 158 valence electrons. The molecule has 4 aliphatic rings. The van der Waals surface area contributed by atoms with Gasteiger partial charge in [-0.15, -0.1) is 12.4 Å². The van der Waals surface area contributed by atoms with Crippen molar-refractivity contribution in [2.75, 3.05) is 6.54 Å². The molecule has 0 aromatic carbocycles. The van der Waals surface area contributed by atoms with Gasteiger partial charge in [-0.05, 0) is 61.7 Å². The van der Waals surface area contributed by atoms with Crippen LogP contribution in [0.15, 0.2) is 0 Å². The predicted octanol–water partition coefficient (Wildman–Crippen LogP) is 3.03. The van der Waals surface area contributed by atoms with E-state index in [9.17, 15) is 14.4 Å². The molecule has 6 heteroatoms. The Bertz CT molecular complexity index is 668. The third-order valence-corrected chi connectivity index (χ3v) is 8.90. The zero-order valence-electron chi connectivity index (χ0n) is 17.2. The molecule has 0 heterocycles. The summed E-state index contributed by atoms with van der Waals surface area (Å²) < 4.78 is 0. The number of rotatable bonds is 3. The maximum Gasteiger partial charge on any atom is 0.221 e. The quantitative estimate of drug-likeness (QED) is 0.748. The number of halogens is 1. The lowest BCUT2D eigenvalue weighted by atomic mass is 9.45. The van der Waals surface area contributed by atoms with E-state index in [4.69, 9.17) is 5.73 Å². The molecule has 4 saturated carbocycles. The van der Waals surface area contributed by atoms with Crippen LogP contribution in [0.2, 0.25) is 0 Å². The van der Waals surface area contributed by atoms with E-state index in [2.05, 4.69) is 19.2 Å². The molecule has 28 heavy (non-hydrogen) atoms. The molecule has 3 N–H and O–H groups in total. The van der Waals surface area contributed by atoms with Crippen LogP contribution in [0.5, 0.6) is 0 Å². The summed E-state index contributed by atoms with van der Waals surface area (Å²) in [5.74, 6) is 2.18. The fourth-order valence-electron chi connectivity index (χ4n) is 7.37. The number of nitrogens with two attached hydrogens (primary N) is 1. The van der Waals surface area contributed by atoms with Crippen molar-refractivity contribution in [3.63, 3.8) is 0 Å². The number of hydrogen-bond donors (Lipinski definition) is 2. The van der Waals surface area contributed by atoms with E-state index in [0.29, 0.717) is 55.1 Å². The molecule has 0 saturated heterocycles. The highest BCUT2D eigenvalue weighted by Gasteiger charge is 2.62. The minimum Gasteiger partial charge on any atom is -0.353 e. The number of carbonyl (C=O) groups excluding carboxylic acids is 3. The van der Waals surface area contributed by atoms with Crippen molar-refractivity contribution in [3.05, 3.63) is 0 Å². The average Bonchev–Trinajstić information content (AvgIpc) is 2.92. The molecule has 4 rings (SSSR count). The Kier molecular flexibility index (Phi) is 6.00. The highest BCUT2D eigenvalue weighted by atomic mass is 35.5. The molecule has 4 fully saturated rings. The zero-order chi connectivity index (χ0) is 19.4. The molecule has 0 aromatic heterocycles. The van der Waals surface area contributed by atoms with Crippen LogP contribution in [0, 0.1) is 34.5 Å². The first-order valence-electron chi connectivity index (χ1n) is 10.8. The van der Waals surface area contributed by atoms with E-state index in [-0.39, 0.29) is 41.1 Å². The zero-order valence-corrected chi connectivity index (χ0v) is 18.0. The van der Waals surface area contributed by atoms with Crippen molar-refractivity contribution >= 4 is 29.9 Å². The molecular formula is C22H35ClN2O3. The topological polar surface area (TPSA) is 89.3 Å².